The molecular formula is C15H15ClN2O2. The molecule has 0 aromatic heterocycles. The van der Waals surface area contributed by atoms with Crippen molar-refractivity contribution in [2.45, 2.75) is 6.54 Å². The van der Waals surface area contributed by atoms with Gasteiger partial charge >= 0.3 is 5.97 Å². The van der Waals surface area contributed by atoms with Gasteiger partial charge in [0.25, 0.3) is 0 Å². The number of hydrogen-bond acceptors (Lipinski definition) is 4. The summed E-state index contributed by atoms with van der Waals surface area (Å²) in [6, 6.07) is 12.5. The number of rotatable bonds is 4. The van der Waals surface area contributed by atoms with E-state index in [2.05, 4.69) is 10.1 Å². The Morgan fingerprint density at radius 3 is 2.55 bits per heavy atom. The van der Waals surface area contributed by atoms with Crippen LogP contribution in [0.3, 0.4) is 0 Å². The van der Waals surface area contributed by atoms with Gasteiger partial charge in [-0.25, -0.2) is 4.79 Å². The Bertz CT molecular complexity index is 612. The quantitative estimate of drug-likeness (QED) is 0.670. The van der Waals surface area contributed by atoms with Crippen LogP contribution in [0.15, 0.2) is 42.5 Å². The molecule has 0 saturated carbocycles. The van der Waals surface area contributed by atoms with Crippen molar-refractivity contribution in [1.29, 1.82) is 0 Å². The Balaban J connectivity index is 2.02. The number of nitrogen functional groups attached to an aromatic ring is 1. The van der Waals surface area contributed by atoms with Crippen LogP contribution in [0.4, 0.5) is 11.4 Å². The molecule has 2 aromatic carbocycles. The van der Waals surface area contributed by atoms with Gasteiger partial charge in [-0.2, -0.15) is 0 Å². The van der Waals surface area contributed by atoms with E-state index < -0.39 is 0 Å². The van der Waals surface area contributed by atoms with Crippen LogP contribution in [-0.4, -0.2) is 13.1 Å². The number of halogens is 1. The number of carbonyl (C=O) groups is 1. The fourth-order valence-corrected chi connectivity index (χ4v) is 1.95. The number of esters is 1. The van der Waals surface area contributed by atoms with Crippen molar-refractivity contribution in [1.82, 2.24) is 0 Å². The average molecular weight is 291 g/mol. The van der Waals surface area contributed by atoms with E-state index in [9.17, 15) is 4.79 Å². The summed E-state index contributed by atoms with van der Waals surface area (Å²) in [4.78, 5) is 11.3. The number of methoxy groups -OCH3 is 1. The van der Waals surface area contributed by atoms with E-state index in [0.717, 1.165) is 11.3 Å². The zero-order chi connectivity index (χ0) is 14.5. The van der Waals surface area contributed by atoms with E-state index in [1.807, 2.05) is 18.2 Å². The van der Waals surface area contributed by atoms with Crippen LogP contribution in [-0.2, 0) is 11.3 Å². The predicted molar refractivity (Wildman–Crippen MR) is 81.0 cm³/mol. The lowest BCUT2D eigenvalue weighted by Gasteiger charge is -2.10. The standard InChI is InChI=1S/C15H15ClN2O2/c1-20-15(19)11-4-2-10(3-5-11)9-18-14-7-6-12(16)8-13(14)17/h2-8,18H,9,17H2,1H3. The van der Waals surface area contributed by atoms with Crippen molar-refractivity contribution in [3.05, 3.63) is 58.6 Å². The third kappa shape index (κ3) is 3.42. The van der Waals surface area contributed by atoms with Crippen LogP contribution in [0.2, 0.25) is 5.02 Å². The summed E-state index contributed by atoms with van der Waals surface area (Å²) in [5.41, 5.74) is 8.85. The molecule has 0 unspecified atom stereocenters. The van der Waals surface area contributed by atoms with Crippen LogP contribution in [0.1, 0.15) is 15.9 Å². The predicted octanol–water partition coefficient (Wildman–Crippen LogP) is 3.32. The van der Waals surface area contributed by atoms with Crippen LogP contribution in [0, 0.1) is 0 Å². The molecule has 0 fully saturated rings. The summed E-state index contributed by atoms with van der Waals surface area (Å²) in [5, 5.41) is 3.83. The highest BCUT2D eigenvalue weighted by atomic mass is 35.5. The lowest BCUT2D eigenvalue weighted by molar-refractivity contribution is 0.0600. The third-order valence-corrected chi connectivity index (χ3v) is 3.11. The van der Waals surface area contributed by atoms with Crippen molar-refractivity contribution in [2.24, 2.45) is 0 Å². The smallest absolute Gasteiger partial charge is 0.337 e. The maximum atomic E-state index is 11.3. The van der Waals surface area contributed by atoms with Gasteiger partial charge in [0.05, 0.1) is 24.0 Å². The summed E-state index contributed by atoms with van der Waals surface area (Å²) in [7, 11) is 1.36. The number of anilines is 2. The second-order valence-electron chi connectivity index (χ2n) is 4.27. The van der Waals surface area contributed by atoms with Crippen LogP contribution in [0.5, 0.6) is 0 Å². The molecule has 0 aliphatic heterocycles. The number of benzene rings is 2. The van der Waals surface area contributed by atoms with Gasteiger partial charge in [-0.1, -0.05) is 23.7 Å². The average Bonchev–Trinajstić information content (AvgIpc) is 2.46. The largest absolute Gasteiger partial charge is 0.465 e. The molecule has 3 N–H and O–H groups in total. The van der Waals surface area contributed by atoms with Crippen LogP contribution in [0.25, 0.3) is 0 Å². The maximum absolute atomic E-state index is 11.3. The van der Waals surface area contributed by atoms with Crippen LogP contribution >= 0.6 is 11.6 Å². The number of nitrogens with one attached hydrogen (secondary N) is 1. The Kier molecular flexibility index (Phi) is 4.48. The first-order chi connectivity index (χ1) is 9.60. The SMILES string of the molecule is COC(=O)c1ccc(CNc2ccc(Cl)cc2N)cc1. The summed E-state index contributed by atoms with van der Waals surface area (Å²) in [6.07, 6.45) is 0. The number of hydrogen-bond donors (Lipinski definition) is 2. The van der Waals surface area contributed by atoms with Crippen LogP contribution < -0.4 is 11.1 Å². The topological polar surface area (TPSA) is 64.3 Å². The molecular weight excluding hydrogens is 276 g/mol. The molecule has 0 spiro atoms. The minimum absolute atomic E-state index is 0.341. The molecule has 20 heavy (non-hydrogen) atoms. The molecule has 104 valence electrons. The molecule has 0 saturated heterocycles. The van der Waals surface area contributed by atoms with Gasteiger partial charge in [-0.15, -0.1) is 0 Å². The normalized spacial score (nSPS) is 10.1. The van der Waals surface area contributed by atoms with Gasteiger partial charge < -0.3 is 15.8 Å². The Labute approximate surface area is 122 Å². The summed E-state index contributed by atoms with van der Waals surface area (Å²) in [6.45, 7) is 0.604. The molecule has 0 bridgehead atoms. The van der Waals surface area contributed by atoms with Gasteiger partial charge in [0.1, 0.15) is 0 Å². The molecule has 0 heterocycles. The first kappa shape index (κ1) is 14.2. The first-order valence-electron chi connectivity index (χ1n) is 6.06. The molecule has 2 aromatic rings. The maximum Gasteiger partial charge on any atom is 0.337 e. The zero-order valence-corrected chi connectivity index (χ0v) is 11.8. The monoisotopic (exact) mass is 290 g/mol. The van der Waals surface area contributed by atoms with E-state index >= 15 is 0 Å². The number of ether oxygens (including phenoxy) is 1. The second-order valence-corrected chi connectivity index (χ2v) is 4.71. The molecule has 0 radical (unpaired) electrons. The van der Waals surface area contributed by atoms with Gasteiger partial charge in [0.15, 0.2) is 0 Å². The van der Waals surface area contributed by atoms with Gasteiger partial charge in [0.2, 0.25) is 0 Å². The summed E-state index contributed by atoms with van der Waals surface area (Å²) < 4.78 is 4.65. The minimum atomic E-state index is -0.341. The number of nitrogens with two attached hydrogens (primary N) is 1. The summed E-state index contributed by atoms with van der Waals surface area (Å²) >= 11 is 5.84. The highest BCUT2D eigenvalue weighted by Gasteiger charge is 2.04. The fourth-order valence-electron chi connectivity index (χ4n) is 1.77. The van der Waals surface area contributed by atoms with E-state index in [0.29, 0.717) is 22.8 Å². The molecule has 0 amide bonds. The Morgan fingerprint density at radius 1 is 1.25 bits per heavy atom. The Hall–Kier alpha value is -2.20. The highest BCUT2D eigenvalue weighted by molar-refractivity contribution is 6.31. The second kappa shape index (κ2) is 6.30. The third-order valence-electron chi connectivity index (χ3n) is 2.87. The zero-order valence-electron chi connectivity index (χ0n) is 11.0. The van der Waals surface area contributed by atoms with E-state index in [-0.39, 0.29) is 5.97 Å². The minimum Gasteiger partial charge on any atom is -0.465 e. The van der Waals surface area contributed by atoms with E-state index in [1.54, 1.807) is 24.3 Å². The van der Waals surface area contributed by atoms with Gasteiger partial charge in [0, 0.05) is 11.6 Å². The van der Waals surface area contributed by atoms with Crippen molar-refractivity contribution in [3.63, 3.8) is 0 Å². The van der Waals surface area contributed by atoms with E-state index in [4.69, 9.17) is 17.3 Å². The lowest BCUT2D eigenvalue weighted by atomic mass is 10.1. The molecule has 2 rings (SSSR count). The Morgan fingerprint density at radius 2 is 1.95 bits per heavy atom. The molecule has 0 aliphatic rings. The lowest BCUT2D eigenvalue weighted by Crippen LogP contribution is -2.04. The summed E-state index contributed by atoms with van der Waals surface area (Å²) in [5.74, 6) is -0.341. The van der Waals surface area contributed by atoms with Crippen molar-refractivity contribution in [3.8, 4) is 0 Å². The molecule has 5 heteroatoms. The first-order valence-corrected chi connectivity index (χ1v) is 6.44. The fraction of sp³-hybridized carbons (Fsp3) is 0.133. The van der Waals surface area contributed by atoms with Crippen molar-refractivity contribution in [2.75, 3.05) is 18.2 Å². The van der Waals surface area contributed by atoms with Crippen molar-refractivity contribution < 1.29 is 9.53 Å². The molecule has 0 aliphatic carbocycles. The van der Waals surface area contributed by atoms with Gasteiger partial charge in [-0.3, -0.25) is 0 Å². The molecule has 0 atom stereocenters. The van der Waals surface area contributed by atoms with Gasteiger partial charge in [-0.05, 0) is 35.9 Å². The van der Waals surface area contributed by atoms with E-state index in [1.165, 1.54) is 7.11 Å². The number of carbonyl (C=O) groups excluding carboxylic acids is 1. The van der Waals surface area contributed by atoms with Crippen molar-refractivity contribution >= 4 is 28.9 Å². The highest BCUT2D eigenvalue weighted by Crippen LogP contribution is 2.23. The molecule has 4 nitrogen and oxygen atoms in total.